The molecule has 1 aromatic carbocycles. The van der Waals surface area contributed by atoms with Gasteiger partial charge in [-0.1, -0.05) is 24.3 Å². The number of likely N-dealkylation sites (tertiary alicyclic amines) is 1. The van der Waals surface area contributed by atoms with E-state index in [1.165, 1.54) is 37.1 Å². The standard InChI is InChI=1S/C13H18N2/c14-13-11-6-2-1-5-10(11)9-12(13)15-7-3-4-8-15/h1-2,5-6,12-13H,3-4,7-9,14H2/t12-,13-/m1/s1. The van der Waals surface area contributed by atoms with Gasteiger partial charge in [0.05, 0.1) is 0 Å². The van der Waals surface area contributed by atoms with E-state index in [4.69, 9.17) is 5.73 Å². The lowest BCUT2D eigenvalue weighted by Gasteiger charge is -2.27. The predicted octanol–water partition coefficient (Wildman–Crippen LogP) is 1.71. The molecule has 0 spiro atoms. The molecule has 1 fully saturated rings. The Labute approximate surface area is 91.1 Å². The molecule has 0 amide bonds. The Morgan fingerprint density at radius 2 is 1.87 bits per heavy atom. The van der Waals surface area contributed by atoms with Gasteiger partial charge in [0.25, 0.3) is 0 Å². The molecule has 3 rings (SSSR count). The van der Waals surface area contributed by atoms with Crippen molar-refractivity contribution in [2.24, 2.45) is 5.73 Å². The molecule has 0 saturated carbocycles. The Kier molecular flexibility index (Phi) is 2.26. The highest BCUT2D eigenvalue weighted by Gasteiger charge is 2.34. The fourth-order valence-electron chi connectivity index (χ4n) is 3.03. The third-order valence-corrected chi connectivity index (χ3v) is 3.87. The Morgan fingerprint density at radius 1 is 1.13 bits per heavy atom. The number of benzene rings is 1. The summed E-state index contributed by atoms with van der Waals surface area (Å²) in [5, 5.41) is 0. The van der Waals surface area contributed by atoms with Crippen molar-refractivity contribution in [3.63, 3.8) is 0 Å². The first-order valence-corrected chi connectivity index (χ1v) is 5.94. The largest absolute Gasteiger partial charge is 0.323 e. The molecule has 15 heavy (non-hydrogen) atoms. The van der Waals surface area contributed by atoms with Crippen LogP contribution in [0.5, 0.6) is 0 Å². The average molecular weight is 202 g/mol. The normalized spacial score (nSPS) is 30.7. The summed E-state index contributed by atoms with van der Waals surface area (Å²) in [4.78, 5) is 2.57. The van der Waals surface area contributed by atoms with Gasteiger partial charge in [0.15, 0.2) is 0 Å². The van der Waals surface area contributed by atoms with Crippen LogP contribution >= 0.6 is 0 Å². The van der Waals surface area contributed by atoms with E-state index >= 15 is 0 Å². The summed E-state index contributed by atoms with van der Waals surface area (Å²) in [6, 6.07) is 9.44. The third-order valence-electron chi connectivity index (χ3n) is 3.87. The first kappa shape index (κ1) is 9.37. The van der Waals surface area contributed by atoms with Crippen LogP contribution in [0.1, 0.15) is 30.0 Å². The van der Waals surface area contributed by atoms with Crippen molar-refractivity contribution >= 4 is 0 Å². The smallest absolute Gasteiger partial charge is 0.0459 e. The molecule has 1 saturated heterocycles. The number of rotatable bonds is 1. The van der Waals surface area contributed by atoms with Gasteiger partial charge in [-0.15, -0.1) is 0 Å². The van der Waals surface area contributed by atoms with Gasteiger partial charge in [-0.3, -0.25) is 4.90 Å². The van der Waals surface area contributed by atoms with Crippen molar-refractivity contribution < 1.29 is 0 Å². The van der Waals surface area contributed by atoms with Crippen LogP contribution in [0.4, 0.5) is 0 Å². The number of hydrogen-bond acceptors (Lipinski definition) is 2. The van der Waals surface area contributed by atoms with E-state index in [9.17, 15) is 0 Å². The first-order valence-electron chi connectivity index (χ1n) is 5.94. The topological polar surface area (TPSA) is 29.3 Å². The van der Waals surface area contributed by atoms with E-state index in [1.807, 2.05) is 0 Å². The third kappa shape index (κ3) is 1.48. The van der Waals surface area contributed by atoms with Gasteiger partial charge in [-0.05, 0) is 43.5 Å². The van der Waals surface area contributed by atoms with Crippen LogP contribution in [0, 0.1) is 0 Å². The molecule has 2 N–H and O–H groups in total. The number of nitrogens with zero attached hydrogens (tertiary/aromatic N) is 1. The molecule has 2 aliphatic rings. The summed E-state index contributed by atoms with van der Waals surface area (Å²) in [5.74, 6) is 0. The van der Waals surface area contributed by atoms with Crippen LogP contribution in [0.15, 0.2) is 24.3 Å². The van der Waals surface area contributed by atoms with Crippen LogP contribution in [0.3, 0.4) is 0 Å². The van der Waals surface area contributed by atoms with Gasteiger partial charge in [0.2, 0.25) is 0 Å². The van der Waals surface area contributed by atoms with E-state index in [2.05, 4.69) is 29.2 Å². The second-order valence-corrected chi connectivity index (χ2v) is 4.74. The molecule has 0 radical (unpaired) electrons. The van der Waals surface area contributed by atoms with Crippen LogP contribution in [-0.2, 0) is 6.42 Å². The molecule has 0 unspecified atom stereocenters. The Bertz CT molecular complexity index is 355. The van der Waals surface area contributed by atoms with Crippen LogP contribution in [0.25, 0.3) is 0 Å². The van der Waals surface area contributed by atoms with E-state index in [0.29, 0.717) is 6.04 Å². The van der Waals surface area contributed by atoms with Crippen LogP contribution in [0.2, 0.25) is 0 Å². The van der Waals surface area contributed by atoms with Gasteiger partial charge >= 0.3 is 0 Å². The SMILES string of the molecule is N[C@@H]1c2ccccc2C[C@H]1N1CCCC1. The highest BCUT2D eigenvalue weighted by atomic mass is 15.2. The zero-order valence-electron chi connectivity index (χ0n) is 9.02. The summed E-state index contributed by atoms with van der Waals surface area (Å²) < 4.78 is 0. The molecular formula is C13H18N2. The highest BCUT2D eigenvalue weighted by Crippen LogP contribution is 2.33. The number of fused-ring (bicyclic) bond motifs is 1. The molecule has 0 bridgehead atoms. The van der Waals surface area contributed by atoms with Gasteiger partial charge in [0.1, 0.15) is 0 Å². The lowest BCUT2D eigenvalue weighted by Crippen LogP contribution is -2.39. The van der Waals surface area contributed by atoms with Crippen molar-refractivity contribution in [3.05, 3.63) is 35.4 Å². The van der Waals surface area contributed by atoms with Crippen molar-refractivity contribution in [3.8, 4) is 0 Å². The van der Waals surface area contributed by atoms with Crippen LogP contribution in [-0.4, -0.2) is 24.0 Å². The highest BCUT2D eigenvalue weighted by molar-refractivity contribution is 5.36. The van der Waals surface area contributed by atoms with E-state index < -0.39 is 0 Å². The Balaban J connectivity index is 1.86. The monoisotopic (exact) mass is 202 g/mol. The minimum absolute atomic E-state index is 0.235. The minimum Gasteiger partial charge on any atom is -0.323 e. The molecule has 1 aliphatic heterocycles. The van der Waals surface area contributed by atoms with E-state index in [1.54, 1.807) is 0 Å². The second kappa shape index (κ2) is 3.62. The van der Waals surface area contributed by atoms with E-state index in [-0.39, 0.29) is 6.04 Å². The maximum absolute atomic E-state index is 6.33. The van der Waals surface area contributed by atoms with Gasteiger partial charge in [-0.2, -0.15) is 0 Å². The molecular weight excluding hydrogens is 184 g/mol. The summed E-state index contributed by atoms with van der Waals surface area (Å²) in [6.07, 6.45) is 3.84. The molecule has 1 aromatic rings. The second-order valence-electron chi connectivity index (χ2n) is 4.74. The van der Waals surface area contributed by atoms with Crippen molar-refractivity contribution in [1.29, 1.82) is 0 Å². The molecule has 2 nitrogen and oxygen atoms in total. The number of nitrogens with two attached hydrogens (primary N) is 1. The summed E-state index contributed by atoms with van der Waals surface area (Å²) in [5.41, 5.74) is 9.16. The maximum atomic E-state index is 6.33. The van der Waals surface area contributed by atoms with Gasteiger partial charge in [-0.25, -0.2) is 0 Å². The molecule has 1 aliphatic carbocycles. The molecule has 2 heteroatoms. The zero-order chi connectivity index (χ0) is 10.3. The van der Waals surface area contributed by atoms with Crippen LogP contribution < -0.4 is 5.73 Å². The van der Waals surface area contributed by atoms with Gasteiger partial charge in [0, 0.05) is 12.1 Å². The minimum atomic E-state index is 0.235. The fourth-order valence-corrected chi connectivity index (χ4v) is 3.03. The molecule has 2 atom stereocenters. The Hall–Kier alpha value is -0.860. The molecule has 0 aromatic heterocycles. The van der Waals surface area contributed by atoms with E-state index in [0.717, 1.165) is 6.42 Å². The molecule has 80 valence electrons. The summed E-state index contributed by atoms with van der Waals surface area (Å²) >= 11 is 0. The zero-order valence-corrected chi connectivity index (χ0v) is 9.02. The van der Waals surface area contributed by atoms with Crippen molar-refractivity contribution in [2.75, 3.05) is 13.1 Å². The van der Waals surface area contributed by atoms with Crippen molar-refractivity contribution in [2.45, 2.75) is 31.3 Å². The first-order chi connectivity index (χ1) is 7.36. The fraction of sp³-hybridized carbons (Fsp3) is 0.538. The van der Waals surface area contributed by atoms with Gasteiger partial charge < -0.3 is 5.73 Å². The lowest BCUT2D eigenvalue weighted by molar-refractivity contribution is 0.223. The lowest BCUT2D eigenvalue weighted by atomic mass is 10.1. The maximum Gasteiger partial charge on any atom is 0.0459 e. The van der Waals surface area contributed by atoms with Crippen molar-refractivity contribution in [1.82, 2.24) is 4.90 Å². The predicted molar refractivity (Wildman–Crippen MR) is 61.7 cm³/mol. The Morgan fingerprint density at radius 3 is 2.60 bits per heavy atom. The summed E-state index contributed by atoms with van der Waals surface area (Å²) in [7, 11) is 0. The quantitative estimate of drug-likeness (QED) is 0.751. The summed E-state index contributed by atoms with van der Waals surface area (Å²) in [6.45, 7) is 2.48. The average Bonchev–Trinajstić information content (AvgIpc) is 2.87. The molecule has 1 heterocycles. The number of hydrogen-bond donors (Lipinski definition) is 1.